The maximum atomic E-state index is 8.88. The Morgan fingerprint density at radius 3 is 1.27 bits per heavy atom. The summed E-state index contributed by atoms with van der Waals surface area (Å²) < 4.78 is 8.88. The van der Waals surface area contributed by atoms with E-state index >= 15 is 0 Å². The van der Waals surface area contributed by atoms with Crippen LogP contribution in [0.25, 0.3) is 0 Å². The number of hydrogen-bond donors (Lipinski definition) is 4. The molecule has 0 saturated carbocycles. The molecule has 0 aliphatic heterocycles. The molecule has 0 fully saturated rings. The summed E-state index contributed by atoms with van der Waals surface area (Å²) >= 11 is 0. The minimum Gasteiger partial charge on any atom is -1.00 e. The van der Waals surface area contributed by atoms with Crippen LogP contribution < -0.4 is 0 Å². The SMILES string of the molecule is CCO.O.O=P(O)(O)O.[Ca+2].[Ca+2].[H-].[H-].[H-].[H-]. The van der Waals surface area contributed by atoms with E-state index in [0.29, 0.717) is 0 Å². The van der Waals surface area contributed by atoms with Crippen LogP contribution in [0.5, 0.6) is 0 Å². The number of aliphatic hydroxyl groups is 1. The monoisotopic (exact) mass is 246 g/mol. The molecule has 0 rings (SSSR count). The second-order valence-electron chi connectivity index (χ2n) is 0.830. The molecule has 0 aromatic carbocycles. The van der Waals surface area contributed by atoms with Crippen LogP contribution in [-0.2, 0) is 4.57 Å². The molecule has 0 radical (unpaired) electrons. The van der Waals surface area contributed by atoms with Gasteiger partial charge in [-0.1, -0.05) is 0 Å². The van der Waals surface area contributed by atoms with Crippen molar-refractivity contribution in [1.82, 2.24) is 0 Å². The molecule has 0 unspecified atom stereocenters. The second-order valence-corrected chi connectivity index (χ2v) is 1.86. The fourth-order valence-electron chi connectivity index (χ4n) is 0. The molecule has 0 aliphatic rings. The van der Waals surface area contributed by atoms with Crippen LogP contribution in [-0.4, -0.2) is 107 Å². The van der Waals surface area contributed by atoms with Gasteiger partial charge in [0, 0.05) is 6.61 Å². The first-order valence-electron chi connectivity index (χ1n) is 1.81. The summed E-state index contributed by atoms with van der Waals surface area (Å²) in [6.07, 6.45) is 0. The number of rotatable bonds is 0. The van der Waals surface area contributed by atoms with Crippen molar-refractivity contribution in [3.05, 3.63) is 0 Å². The van der Waals surface area contributed by atoms with E-state index in [1.165, 1.54) is 0 Å². The zero-order chi connectivity index (χ0) is 7.21. The summed E-state index contributed by atoms with van der Waals surface area (Å²) in [5.41, 5.74) is 0. The van der Waals surface area contributed by atoms with E-state index in [2.05, 4.69) is 0 Å². The largest absolute Gasteiger partial charge is 2.00 e. The minimum atomic E-state index is -4.64. The summed E-state index contributed by atoms with van der Waals surface area (Å²) in [4.78, 5) is 21.6. The molecule has 11 heavy (non-hydrogen) atoms. The molecule has 0 bridgehead atoms. The Labute approximate surface area is 130 Å². The molecule has 0 aromatic heterocycles. The van der Waals surface area contributed by atoms with Crippen molar-refractivity contribution in [3.63, 3.8) is 0 Å². The maximum Gasteiger partial charge on any atom is 2.00 e. The average molecular weight is 246 g/mol. The van der Waals surface area contributed by atoms with Crippen LogP contribution >= 0.6 is 7.82 Å². The van der Waals surface area contributed by atoms with Gasteiger partial charge in [-0.25, -0.2) is 4.57 Å². The second kappa shape index (κ2) is 18.4. The van der Waals surface area contributed by atoms with Gasteiger partial charge in [-0.05, 0) is 6.92 Å². The first-order valence-corrected chi connectivity index (χ1v) is 3.37. The Kier molecular flexibility index (Phi) is 48.7. The molecule has 0 saturated heterocycles. The Hall–Kier alpha value is 2.55. The van der Waals surface area contributed by atoms with E-state index in [1.807, 2.05) is 0 Å². The molecule has 6 nitrogen and oxygen atoms in total. The fraction of sp³-hybridized carbons (Fsp3) is 1.00. The average Bonchev–Trinajstić information content (AvgIpc) is 1.27. The van der Waals surface area contributed by atoms with Crippen molar-refractivity contribution in [2.75, 3.05) is 6.61 Å². The van der Waals surface area contributed by atoms with Crippen LogP contribution in [0.4, 0.5) is 0 Å². The standard InChI is InChI=1S/C2H6O.2Ca.H3O4P.H2O.4H/c1-2-3;;;1-5(2,3)4;;;;;/h3H,2H2,1H3;;;(H3,1,2,3,4);1H2;;;;/q;2*+2;;;4*-1. The molecular formula is C2H15Ca2O6P. The van der Waals surface area contributed by atoms with Gasteiger partial charge in [0.05, 0.1) is 0 Å². The molecule has 0 aliphatic carbocycles. The van der Waals surface area contributed by atoms with Crippen molar-refractivity contribution >= 4 is 83.3 Å². The zero-order valence-corrected chi connectivity index (χ0v) is 11.6. The van der Waals surface area contributed by atoms with E-state index in [9.17, 15) is 0 Å². The van der Waals surface area contributed by atoms with Gasteiger partial charge in [0.15, 0.2) is 0 Å². The summed E-state index contributed by atoms with van der Waals surface area (Å²) in [6, 6.07) is 0. The number of aliphatic hydroxyl groups excluding tert-OH is 1. The van der Waals surface area contributed by atoms with E-state index in [4.69, 9.17) is 24.4 Å². The van der Waals surface area contributed by atoms with E-state index in [1.54, 1.807) is 6.92 Å². The van der Waals surface area contributed by atoms with E-state index in [-0.39, 0.29) is 93.3 Å². The topological polar surface area (TPSA) is 129 Å². The predicted molar refractivity (Wildman–Crippen MR) is 46.6 cm³/mol. The first-order chi connectivity index (χ1) is 3.41. The quantitative estimate of drug-likeness (QED) is 0.288. The van der Waals surface area contributed by atoms with Crippen LogP contribution in [0, 0.1) is 0 Å². The molecule has 0 atom stereocenters. The third-order valence-corrected chi connectivity index (χ3v) is 0. The molecule has 0 spiro atoms. The van der Waals surface area contributed by atoms with Gasteiger partial charge < -0.3 is 31.0 Å². The van der Waals surface area contributed by atoms with Crippen molar-refractivity contribution in [2.24, 2.45) is 0 Å². The summed E-state index contributed by atoms with van der Waals surface area (Å²) in [5.74, 6) is 0. The van der Waals surface area contributed by atoms with Gasteiger partial charge in [0.1, 0.15) is 0 Å². The van der Waals surface area contributed by atoms with Crippen LogP contribution in [0.2, 0.25) is 0 Å². The predicted octanol–water partition coefficient (Wildman–Crippen LogP) is -2.07. The van der Waals surface area contributed by atoms with Crippen LogP contribution in [0.3, 0.4) is 0 Å². The Bertz CT molecular complexity index is 86.9. The number of phosphoric acid groups is 1. The molecule has 6 N–H and O–H groups in total. The van der Waals surface area contributed by atoms with Crippen molar-refractivity contribution < 1.29 is 35.5 Å². The van der Waals surface area contributed by atoms with Gasteiger partial charge in [-0.2, -0.15) is 0 Å². The molecule has 0 aromatic rings. The van der Waals surface area contributed by atoms with Crippen molar-refractivity contribution in [3.8, 4) is 0 Å². The van der Waals surface area contributed by atoms with Gasteiger partial charge >= 0.3 is 83.3 Å². The molecule has 0 heterocycles. The smallest absolute Gasteiger partial charge is 1.00 e. The van der Waals surface area contributed by atoms with Crippen LogP contribution in [0.15, 0.2) is 0 Å². The third kappa shape index (κ3) is 215. The van der Waals surface area contributed by atoms with Gasteiger partial charge in [0.25, 0.3) is 0 Å². The van der Waals surface area contributed by atoms with Crippen LogP contribution in [0.1, 0.15) is 12.6 Å². The molecule has 68 valence electrons. The van der Waals surface area contributed by atoms with Gasteiger partial charge in [0.2, 0.25) is 0 Å². The molecule has 9 heteroatoms. The molecular weight excluding hydrogens is 231 g/mol. The summed E-state index contributed by atoms with van der Waals surface area (Å²) in [5, 5.41) is 7.57. The Morgan fingerprint density at radius 2 is 1.27 bits per heavy atom. The van der Waals surface area contributed by atoms with Crippen molar-refractivity contribution in [1.29, 1.82) is 0 Å². The summed E-state index contributed by atoms with van der Waals surface area (Å²) in [6.45, 7) is 1.93. The Morgan fingerprint density at radius 1 is 1.27 bits per heavy atom. The Balaban J connectivity index is -0.00000000486. The fourth-order valence-corrected chi connectivity index (χ4v) is 0. The van der Waals surface area contributed by atoms with E-state index in [0.717, 1.165) is 0 Å². The van der Waals surface area contributed by atoms with Crippen molar-refractivity contribution in [2.45, 2.75) is 6.92 Å². The van der Waals surface area contributed by atoms with E-state index < -0.39 is 7.82 Å². The van der Waals surface area contributed by atoms with Gasteiger partial charge in [-0.15, -0.1) is 0 Å². The maximum absolute atomic E-state index is 8.88. The normalized spacial score (nSPS) is 7.00. The zero-order valence-electron chi connectivity index (χ0n) is 10.3. The van der Waals surface area contributed by atoms with Gasteiger partial charge in [-0.3, -0.25) is 0 Å². The molecule has 0 amide bonds. The third-order valence-electron chi connectivity index (χ3n) is 0. The minimum absolute atomic E-state index is 0. The summed E-state index contributed by atoms with van der Waals surface area (Å²) in [7, 11) is -4.64. The number of hydrogen-bond acceptors (Lipinski definition) is 2. The first kappa shape index (κ1) is 29.2.